The van der Waals surface area contributed by atoms with Gasteiger partial charge in [-0.25, -0.2) is 5.43 Å². The molecular formula is C24H22N2O4. The van der Waals surface area contributed by atoms with Gasteiger partial charge in [-0.05, 0) is 34.9 Å². The van der Waals surface area contributed by atoms with Gasteiger partial charge in [0.05, 0.1) is 19.2 Å². The van der Waals surface area contributed by atoms with E-state index >= 15 is 0 Å². The fraction of sp³-hybridized carbons (Fsp3) is 0.125. The maximum Gasteiger partial charge on any atom is 0.308 e. The van der Waals surface area contributed by atoms with E-state index in [0.717, 1.165) is 11.1 Å². The van der Waals surface area contributed by atoms with Crippen LogP contribution in [0, 0.1) is 0 Å². The van der Waals surface area contributed by atoms with E-state index in [-0.39, 0.29) is 5.91 Å². The second-order valence-corrected chi connectivity index (χ2v) is 6.49. The van der Waals surface area contributed by atoms with E-state index in [1.54, 1.807) is 18.2 Å². The molecule has 0 atom stereocenters. The number of nitrogens with zero attached hydrogens (tertiary/aromatic N) is 1. The molecule has 0 aliphatic carbocycles. The molecule has 0 aliphatic rings. The van der Waals surface area contributed by atoms with Crippen LogP contribution in [0.3, 0.4) is 0 Å². The first kappa shape index (κ1) is 20.8. The molecule has 6 heteroatoms. The number of hydrogen-bond donors (Lipinski definition) is 1. The van der Waals surface area contributed by atoms with Crippen LogP contribution < -0.4 is 14.9 Å². The van der Waals surface area contributed by atoms with Crippen LogP contribution in [0.2, 0.25) is 0 Å². The van der Waals surface area contributed by atoms with Crippen molar-refractivity contribution in [2.24, 2.45) is 5.10 Å². The number of carbonyl (C=O) groups is 2. The zero-order valence-electron chi connectivity index (χ0n) is 16.7. The van der Waals surface area contributed by atoms with E-state index in [9.17, 15) is 9.59 Å². The third-order valence-electron chi connectivity index (χ3n) is 4.36. The Balaban J connectivity index is 1.77. The normalized spacial score (nSPS) is 10.8. The standard InChI is InChI=1S/C24H22N2O4/c1-17(27)30-21-14-13-18(15-22(21)29-2)16-25-26-24(28)23(19-9-5-3-6-10-19)20-11-7-4-8-12-20/h3-16,23H,1-2H3,(H,26,28)/b25-16+. The highest BCUT2D eigenvalue weighted by atomic mass is 16.6. The first-order valence-corrected chi connectivity index (χ1v) is 9.37. The number of hydrazone groups is 1. The molecule has 6 nitrogen and oxygen atoms in total. The zero-order valence-corrected chi connectivity index (χ0v) is 16.7. The molecule has 3 aromatic rings. The van der Waals surface area contributed by atoms with Crippen LogP contribution in [0.25, 0.3) is 0 Å². The number of methoxy groups -OCH3 is 1. The topological polar surface area (TPSA) is 77.0 Å². The summed E-state index contributed by atoms with van der Waals surface area (Å²) in [4.78, 5) is 24.1. The van der Waals surface area contributed by atoms with Crippen LogP contribution in [-0.2, 0) is 9.59 Å². The molecule has 0 aromatic heterocycles. The number of esters is 1. The number of hydrogen-bond acceptors (Lipinski definition) is 5. The van der Waals surface area contributed by atoms with Crippen molar-refractivity contribution in [2.75, 3.05) is 7.11 Å². The van der Waals surface area contributed by atoms with Gasteiger partial charge in [-0.3, -0.25) is 9.59 Å². The molecule has 3 aromatic carbocycles. The number of carbonyl (C=O) groups excluding carboxylic acids is 2. The summed E-state index contributed by atoms with van der Waals surface area (Å²) >= 11 is 0. The monoisotopic (exact) mass is 402 g/mol. The Morgan fingerprint density at radius 3 is 2.03 bits per heavy atom. The van der Waals surface area contributed by atoms with Crippen molar-refractivity contribution >= 4 is 18.1 Å². The van der Waals surface area contributed by atoms with Crippen molar-refractivity contribution < 1.29 is 19.1 Å². The molecule has 0 spiro atoms. The molecule has 0 saturated heterocycles. The molecule has 0 aliphatic heterocycles. The fourth-order valence-electron chi connectivity index (χ4n) is 3.02. The van der Waals surface area contributed by atoms with Crippen molar-refractivity contribution in [1.29, 1.82) is 0 Å². The summed E-state index contributed by atoms with van der Waals surface area (Å²) in [6.45, 7) is 1.32. The smallest absolute Gasteiger partial charge is 0.308 e. The fourth-order valence-corrected chi connectivity index (χ4v) is 3.02. The van der Waals surface area contributed by atoms with Gasteiger partial charge in [0.25, 0.3) is 5.91 Å². The quantitative estimate of drug-likeness (QED) is 0.281. The Kier molecular flexibility index (Phi) is 6.95. The van der Waals surface area contributed by atoms with Crippen molar-refractivity contribution in [3.8, 4) is 11.5 Å². The molecule has 0 saturated carbocycles. The van der Waals surface area contributed by atoms with Crippen LogP contribution >= 0.6 is 0 Å². The Hall–Kier alpha value is -3.93. The maximum atomic E-state index is 12.9. The van der Waals surface area contributed by atoms with Gasteiger partial charge >= 0.3 is 5.97 Å². The Morgan fingerprint density at radius 2 is 1.50 bits per heavy atom. The minimum Gasteiger partial charge on any atom is -0.493 e. The van der Waals surface area contributed by atoms with Crippen LogP contribution in [0.5, 0.6) is 11.5 Å². The number of rotatable bonds is 7. The first-order chi connectivity index (χ1) is 14.6. The number of nitrogens with one attached hydrogen (secondary N) is 1. The predicted octanol–water partition coefficient (Wildman–Crippen LogP) is 3.90. The Morgan fingerprint density at radius 1 is 0.900 bits per heavy atom. The minimum absolute atomic E-state index is 0.243. The van der Waals surface area contributed by atoms with Crippen molar-refractivity contribution in [1.82, 2.24) is 5.43 Å². The molecule has 1 N–H and O–H groups in total. The Bertz CT molecular complexity index is 994. The Labute approximate surface area is 175 Å². The molecule has 0 radical (unpaired) electrons. The highest BCUT2D eigenvalue weighted by Gasteiger charge is 2.22. The summed E-state index contributed by atoms with van der Waals surface area (Å²) in [7, 11) is 1.48. The van der Waals surface area contributed by atoms with Crippen molar-refractivity contribution in [2.45, 2.75) is 12.8 Å². The predicted molar refractivity (Wildman–Crippen MR) is 115 cm³/mol. The summed E-state index contributed by atoms with van der Waals surface area (Å²) in [5.41, 5.74) is 5.05. The summed E-state index contributed by atoms with van der Waals surface area (Å²) in [6.07, 6.45) is 1.50. The second kappa shape index (κ2) is 10.0. The van der Waals surface area contributed by atoms with Gasteiger partial charge in [0.2, 0.25) is 0 Å². The van der Waals surface area contributed by atoms with Gasteiger partial charge < -0.3 is 9.47 Å². The van der Waals surface area contributed by atoms with Crippen LogP contribution in [0.15, 0.2) is 84.0 Å². The van der Waals surface area contributed by atoms with E-state index in [2.05, 4.69) is 10.5 Å². The van der Waals surface area contributed by atoms with E-state index < -0.39 is 11.9 Å². The number of amides is 1. The number of ether oxygens (including phenoxy) is 2. The second-order valence-electron chi connectivity index (χ2n) is 6.49. The molecule has 1 amide bonds. The van der Waals surface area contributed by atoms with E-state index in [0.29, 0.717) is 17.1 Å². The molecule has 3 rings (SSSR count). The lowest BCUT2D eigenvalue weighted by atomic mass is 9.91. The van der Waals surface area contributed by atoms with E-state index in [1.807, 2.05) is 60.7 Å². The van der Waals surface area contributed by atoms with Gasteiger partial charge in [0, 0.05) is 6.92 Å². The minimum atomic E-state index is -0.481. The van der Waals surface area contributed by atoms with Gasteiger partial charge in [-0.15, -0.1) is 0 Å². The molecular weight excluding hydrogens is 380 g/mol. The summed E-state index contributed by atoms with van der Waals surface area (Å²) in [6, 6.07) is 24.1. The van der Waals surface area contributed by atoms with Gasteiger partial charge in [-0.1, -0.05) is 60.7 Å². The van der Waals surface area contributed by atoms with Crippen molar-refractivity contribution in [3.63, 3.8) is 0 Å². The molecule has 0 bridgehead atoms. The lowest BCUT2D eigenvalue weighted by Gasteiger charge is -2.16. The SMILES string of the molecule is COc1cc(/C=N/NC(=O)C(c2ccccc2)c2ccccc2)ccc1OC(C)=O. The van der Waals surface area contributed by atoms with Crippen LogP contribution in [0.4, 0.5) is 0 Å². The average molecular weight is 402 g/mol. The highest BCUT2D eigenvalue weighted by Crippen LogP contribution is 2.28. The molecule has 0 heterocycles. The molecule has 0 fully saturated rings. The summed E-state index contributed by atoms with van der Waals surface area (Å²) < 4.78 is 10.3. The first-order valence-electron chi connectivity index (χ1n) is 9.37. The largest absolute Gasteiger partial charge is 0.493 e. The van der Waals surface area contributed by atoms with Gasteiger partial charge in [0.15, 0.2) is 11.5 Å². The highest BCUT2D eigenvalue weighted by molar-refractivity contribution is 5.89. The third-order valence-corrected chi connectivity index (χ3v) is 4.36. The average Bonchev–Trinajstić information content (AvgIpc) is 2.76. The van der Waals surface area contributed by atoms with Crippen molar-refractivity contribution in [3.05, 3.63) is 95.6 Å². The zero-order chi connectivity index (χ0) is 21.3. The maximum absolute atomic E-state index is 12.9. The van der Waals surface area contributed by atoms with E-state index in [4.69, 9.17) is 9.47 Å². The molecule has 152 valence electrons. The van der Waals surface area contributed by atoms with Crippen LogP contribution in [-0.4, -0.2) is 25.2 Å². The van der Waals surface area contributed by atoms with Gasteiger partial charge in [0.1, 0.15) is 0 Å². The lowest BCUT2D eigenvalue weighted by molar-refractivity contribution is -0.132. The van der Waals surface area contributed by atoms with E-state index in [1.165, 1.54) is 20.2 Å². The summed E-state index contributed by atoms with van der Waals surface area (Å²) in [5, 5.41) is 4.09. The third kappa shape index (κ3) is 5.32. The molecule has 0 unspecified atom stereocenters. The lowest BCUT2D eigenvalue weighted by Crippen LogP contribution is -2.26. The molecule has 30 heavy (non-hydrogen) atoms. The van der Waals surface area contributed by atoms with Gasteiger partial charge in [-0.2, -0.15) is 5.10 Å². The number of benzene rings is 3. The van der Waals surface area contributed by atoms with Crippen LogP contribution in [0.1, 0.15) is 29.5 Å². The summed E-state index contributed by atoms with van der Waals surface area (Å²) in [5.74, 6) is -0.446.